The summed E-state index contributed by atoms with van der Waals surface area (Å²) in [4.78, 5) is 22.7. The van der Waals surface area contributed by atoms with Crippen LogP contribution in [0.5, 0.6) is 0 Å². The molecule has 4 N–H and O–H groups in total. The minimum atomic E-state index is -1.05. The van der Waals surface area contributed by atoms with Gasteiger partial charge in [-0.15, -0.1) is 0 Å². The van der Waals surface area contributed by atoms with Crippen molar-refractivity contribution in [3.05, 3.63) is 35.6 Å². The number of aliphatic carboxylic acids is 1. The number of hydrogen-bond acceptors (Lipinski definition) is 3. The van der Waals surface area contributed by atoms with Crippen molar-refractivity contribution < 1.29 is 19.1 Å². The van der Waals surface area contributed by atoms with E-state index >= 15 is 0 Å². The summed E-state index contributed by atoms with van der Waals surface area (Å²) in [6.07, 6.45) is 0.783. The topological polar surface area (TPSA) is 92.4 Å². The summed E-state index contributed by atoms with van der Waals surface area (Å²) in [5.74, 6) is -1.59. The highest BCUT2D eigenvalue weighted by Crippen LogP contribution is 2.23. The quantitative estimate of drug-likeness (QED) is 0.663. The number of carboxylic acids is 1. The molecule has 6 heteroatoms. The lowest BCUT2D eigenvalue weighted by Gasteiger charge is -2.24. The predicted octanol–water partition coefficient (Wildman–Crippen LogP) is 1.41. The lowest BCUT2D eigenvalue weighted by molar-refractivity contribution is -0.138. The molecular weight excluding hydrogens is 275 g/mol. The zero-order valence-corrected chi connectivity index (χ0v) is 12.2. The third-order valence-electron chi connectivity index (χ3n) is 3.43. The summed E-state index contributed by atoms with van der Waals surface area (Å²) in [6, 6.07) is 4.88. The molecule has 1 amide bonds. The molecule has 0 saturated heterocycles. The maximum Gasteiger partial charge on any atom is 0.320 e. The van der Waals surface area contributed by atoms with Crippen molar-refractivity contribution in [1.82, 2.24) is 5.32 Å². The van der Waals surface area contributed by atoms with E-state index in [1.807, 2.05) is 0 Å². The number of hydrogen-bond donors (Lipinski definition) is 3. The van der Waals surface area contributed by atoms with E-state index in [9.17, 15) is 14.0 Å². The van der Waals surface area contributed by atoms with Gasteiger partial charge >= 0.3 is 5.97 Å². The summed E-state index contributed by atoms with van der Waals surface area (Å²) in [5, 5.41) is 11.4. The summed E-state index contributed by atoms with van der Waals surface area (Å²) in [5.41, 5.74) is 5.30. The predicted molar refractivity (Wildman–Crippen MR) is 77.3 cm³/mol. The molecule has 0 radical (unpaired) electrons. The monoisotopic (exact) mass is 296 g/mol. The van der Waals surface area contributed by atoms with Crippen molar-refractivity contribution in [3.63, 3.8) is 0 Å². The molecule has 0 aliphatic carbocycles. The lowest BCUT2D eigenvalue weighted by atomic mass is 9.83. The summed E-state index contributed by atoms with van der Waals surface area (Å²) in [6.45, 7) is 3.85. The van der Waals surface area contributed by atoms with E-state index in [-0.39, 0.29) is 11.7 Å². The van der Waals surface area contributed by atoms with Gasteiger partial charge in [-0.25, -0.2) is 4.39 Å². The lowest BCUT2D eigenvalue weighted by Crippen LogP contribution is -2.41. The Morgan fingerprint density at radius 1 is 1.33 bits per heavy atom. The molecule has 1 aromatic carbocycles. The smallest absolute Gasteiger partial charge is 0.320 e. The second-order valence-electron chi connectivity index (χ2n) is 5.47. The molecule has 0 fully saturated rings. The highest BCUT2D eigenvalue weighted by atomic mass is 19.1. The Morgan fingerprint density at radius 3 is 2.43 bits per heavy atom. The van der Waals surface area contributed by atoms with E-state index in [0.29, 0.717) is 24.9 Å². The number of amides is 1. The standard InChI is InChI=1S/C15H21FN2O3/c1-15(2,10-5-7-11(16)8-6-10)14(21)18-9-3-4-12(17)13(19)20/h5-8,12H,3-4,9,17H2,1-2H3,(H,18,21)(H,19,20)/t12-/m0/s1. The van der Waals surface area contributed by atoms with Gasteiger partial charge in [0.25, 0.3) is 0 Å². The third-order valence-corrected chi connectivity index (χ3v) is 3.43. The second kappa shape index (κ2) is 7.17. The molecule has 0 spiro atoms. The van der Waals surface area contributed by atoms with Gasteiger partial charge in [0.1, 0.15) is 11.9 Å². The Hall–Kier alpha value is -1.95. The largest absolute Gasteiger partial charge is 0.480 e. The first-order chi connectivity index (χ1) is 9.75. The van der Waals surface area contributed by atoms with Gasteiger partial charge in [0.2, 0.25) is 5.91 Å². The first kappa shape index (κ1) is 17.1. The fourth-order valence-electron chi connectivity index (χ4n) is 1.87. The molecule has 0 heterocycles. The summed E-state index contributed by atoms with van der Waals surface area (Å²) >= 11 is 0. The molecule has 0 unspecified atom stereocenters. The Balaban J connectivity index is 2.50. The second-order valence-corrected chi connectivity index (χ2v) is 5.47. The SMILES string of the molecule is CC(C)(C(=O)NCCC[C@H](N)C(=O)O)c1ccc(F)cc1. The fourth-order valence-corrected chi connectivity index (χ4v) is 1.87. The van der Waals surface area contributed by atoms with Crippen LogP contribution >= 0.6 is 0 Å². The van der Waals surface area contributed by atoms with Crippen LogP contribution in [-0.4, -0.2) is 29.6 Å². The van der Waals surface area contributed by atoms with Crippen molar-refractivity contribution in [2.75, 3.05) is 6.54 Å². The number of nitrogens with one attached hydrogen (secondary N) is 1. The molecule has 1 rings (SSSR count). The van der Waals surface area contributed by atoms with Crippen LogP contribution in [0.15, 0.2) is 24.3 Å². The average molecular weight is 296 g/mol. The minimum absolute atomic E-state index is 0.196. The van der Waals surface area contributed by atoms with Crippen LogP contribution in [0.2, 0.25) is 0 Å². The Kier molecular flexibility index (Phi) is 5.84. The van der Waals surface area contributed by atoms with Gasteiger partial charge in [-0.1, -0.05) is 12.1 Å². The Bertz CT molecular complexity index is 500. The molecule has 1 atom stereocenters. The van der Waals surface area contributed by atoms with Crippen LogP contribution in [0.4, 0.5) is 4.39 Å². The molecule has 0 aliphatic heterocycles. The van der Waals surface area contributed by atoms with Gasteiger partial charge < -0.3 is 16.2 Å². The number of halogens is 1. The van der Waals surface area contributed by atoms with E-state index < -0.39 is 17.4 Å². The van der Waals surface area contributed by atoms with Gasteiger partial charge in [0.15, 0.2) is 0 Å². The fraction of sp³-hybridized carbons (Fsp3) is 0.467. The first-order valence-corrected chi connectivity index (χ1v) is 6.78. The molecule has 0 bridgehead atoms. The molecule has 0 saturated carbocycles. The van der Waals surface area contributed by atoms with Gasteiger partial charge in [-0.2, -0.15) is 0 Å². The molecule has 0 aliphatic rings. The Morgan fingerprint density at radius 2 is 1.90 bits per heavy atom. The molecular formula is C15H21FN2O3. The number of carboxylic acid groups (broad SMARTS) is 1. The van der Waals surface area contributed by atoms with Crippen LogP contribution in [-0.2, 0) is 15.0 Å². The van der Waals surface area contributed by atoms with Gasteiger partial charge in [0, 0.05) is 6.54 Å². The van der Waals surface area contributed by atoms with Crippen molar-refractivity contribution in [3.8, 4) is 0 Å². The number of benzene rings is 1. The zero-order chi connectivity index (χ0) is 16.0. The number of nitrogens with two attached hydrogens (primary N) is 1. The Labute approximate surface area is 123 Å². The van der Waals surface area contributed by atoms with Crippen molar-refractivity contribution >= 4 is 11.9 Å². The first-order valence-electron chi connectivity index (χ1n) is 6.78. The van der Waals surface area contributed by atoms with E-state index in [1.54, 1.807) is 26.0 Å². The number of carbonyl (C=O) groups excluding carboxylic acids is 1. The zero-order valence-electron chi connectivity index (χ0n) is 12.2. The number of carbonyl (C=O) groups is 2. The molecule has 5 nitrogen and oxygen atoms in total. The normalized spacial score (nSPS) is 12.8. The number of rotatable bonds is 7. The van der Waals surface area contributed by atoms with Crippen molar-refractivity contribution in [2.24, 2.45) is 5.73 Å². The van der Waals surface area contributed by atoms with Gasteiger partial charge in [-0.05, 0) is 44.4 Å². The van der Waals surface area contributed by atoms with Crippen LogP contribution in [0.3, 0.4) is 0 Å². The molecule has 21 heavy (non-hydrogen) atoms. The van der Waals surface area contributed by atoms with Crippen LogP contribution in [0, 0.1) is 5.82 Å². The van der Waals surface area contributed by atoms with E-state index in [1.165, 1.54) is 12.1 Å². The maximum absolute atomic E-state index is 12.9. The van der Waals surface area contributed by atoms with Crippen LogP contribution in [0.25, 0.3) is 0 Å². The van der Waals surface area contributed by atoms with Gasteiger partial charge in [0.05, 0.1) is 5.41 Å². The average Bonchev–Trinajstić information content (AvgIpc) is 2.43. The summed E-state index contributed by atoms with van der Waals surface area (Å²) in [7, 11) is 0. The third kappa shape index (κ3) is 4.82. The maximum atomic E-state index is 12.9. The van der Waals surface area contributed by atoms with Crippen LogP contribution < -0.4 is 11.1 Å². The van der Waals surface area contributed by atoms with Crippen molar-refractivity contribution in [1.29, 1.82) is 0 Å². The minimum Gasteiger partial charge on any atom is -0.480 e. The van der Waals surface area contributed by atoms with Crippen molar-refractivity contribution in [2.45, 2.75) is 38.1 Å². The van der Waals surface area contributed by atoms with Crippen LogP contribution in [0.1, 0.15) is 32.3 Å². The highest BCUT2D eigenvalue weighted by Gasteiger charge is 2.29. The summed E-state index contributed by atoms with van der Waals surface area (Å²) < 4.78 is 12.9. The van der Waals surface area contributed by atoms with E-state index in [4.69, 9.17) is 10.8 Å². The van der Waals surface area contributed by atoms with Gasteiger partial charge in [-0.3, -0.25) is 9.59 Å². The van der Waals surface area contributed by atoms with E-state index in [0.717, 1.165) is 0 Å². The molecule has 0 aromatic heterocycles. The van der Waals surface area contributed by atoms with E-state index in [2.05, 4.69) is 5.32 Å². The molecule has 1 aromatic rings. The molecule has 116 valence electrons. The highest BCUT2D eigenvalue weighted by molar-refractivity contribution is 5.87.